The Morgan fingerprint density at radius 3 is 2.00 bits per heavy atom. The Kier molecular flexibility index (Phi) is 4.45. The van der Waals surface area contributed by atoms with Crippen LogP contribution in [0.1, 0.15) is 48.0 Å². The lowest BCUT2D eigenvalue weighted by atomic mass is 9.88. The molecular weight excluding hydrogens is 162 g/mol. The third kappa shape index (κ3) is 6.62. The summed E-state index contributed by atoms with van der Waals surface area (Å²) in [6.45, 7) is 12.4. The smallest absolute Gasteiger partial charge is 0.222 e. The first-order valence-corrected chi connectivity index (χ1v) is 5.03. The molecule has 0 aliphatic carbocycles. The first-order valence-electron chi connectivity index (χ1n) is 5.03. The van der Waals surface area contributed by atoms with Gasteiger partial charge in [-0.25, -0.2) is 0 Å². The van der Waals surface area contributed by atoms with Gasteiger partial charge in [-0.2, -0.15) is 0 Å². The molecule has 2 heteroatoms. The van der Waals surface area contributed by atoms with Crippen LogP contribution >= 0.6 is 0 Å². The Labute approximate surface area is 82.1 Å². The molecule has 0 heterocycles. The summed E-state index contributed by atoms with van der Waals surface area (Å²) in [6, 6.07) is 0.273. The molecule has 1 amide bonds. The summed E-state index contributed by atoms with van der Waals surface area (Å²) >= 11 is 0. The highest BCUT2D eigenvalue weighted by molar-refractivity contribution is 5.78. The van der Waals surface area contributed by atoms with Gasteiger partial charge in [-0.05, 0) is 18.8 Å². The maximum atomic E-state index is 11.3. The van der Waals surface area contributed by atoms with Crippen molar-refractivity contribution in [2.45, 2.75) is 54.0 Å². The lowest BCUT2D eigenvalue weighted by molar-refractivity contribution is -0.124. The molecular formula is C11H23NO. The van der Waals surface area contributed by atoms with E-state index in [1.807, 2.05) is 13.8 Å². The summed E-state index contributed by atoms with van der Waals surface area (Å²) in [6.07, 6.45) is 1.02. The number of hydrogen-bond acceptors (Lipinski definition) is 1. The van der Waals surface area contributed by atoms with Crippen molar-refractivity contribution in [1.29, 1.82) is 0 Å². The highest BCUT2D eigenvalue weighted by Gasteiger charge is 2.17. The standard InChI is InChI=1S/C11H23NO/c1-8(2)10(13)12-9(3)7-11(4,5)6/h8-9H,7H2,1-6H3,(H,12,13)/t9-/m0/s1. The van der Waals surface area contributed by atoms with Gasteiger partial charge >= 0.3 is 0 Å². The fraction of sp³-hybridized carbons (Fsp3) is 0.909. The molecule has 13 heavy (non-hydrogen) atoms. The van der Waals surface area contributed by atoms with Crippen LogP contribution in [0.5, 0.6) is 0 Å². The molecule has 78 valence electrons. The van der Waals surface area contributed by atoms with Gasteiger partial charge in [0.25, 0.3) is 0 Å². The van der Waals surface area contributed by atoms with Crippen LogP contribution in [-0.2, 0) is 4.79 Å². The van der Waals surface area contributed by atoms with Crippen LogP contribution in [0.15, 0.2) is 0 Å². The average molecular weight is 185 g/mol. The minimum absolute atomic E-state index is 0.0856. The van der Waals surface area contributed by atoms with Gasteiger partial charge in [0, 0.05) is 12.0 Å². The summed E-state index contributed by atoms with van der Waals surface area (Å²) in [4.78, 5) is 11.3. The molecule has 1 N–H and O–H groups in total. The van der Waals surface area contributed by atoms with Crippen molar-refractivity contribution in [3.8, 4) is 0 Å². The van der Waals surface area contributed by atoms with Crippen molar-refractivity contribution < 1.29 is 4.79 Å². The molecule has 1 atom stereocenters. The third-order valence-electron chi connectivity index (χ3n) is 1.83. The van der Waals surface area contributed by atoms with Crippen LogP contribution in [0, 0.1) is 11.3 Å². The highest BCUT2D eigenvalue weighted by atomic mass is 16.1. The second kappa shape index (κ2) is 4.64. The normalized spacial score (nSPS) is 14.4. The number of hydrogen-bond donors (Lipinski definition) is 1. The SMILES string of the molecule is CC(C)C(=O)N[C@@H](C)CC(C)(C)C. The quantitative estimate of drug-likeness (QED) is 0.719. The molecule has 0 aromatic heterocycles. The predicted octanol–water partition coefficient (Wildman–Crippen LogP) is 2.58. The number of rotatable bonds is 3. The largest absolute Gasteiger partial charge is 0.353 e. The molecule has 0 fully saturated rings. The Balaban J connectivity index is 3.88. The van der Waals surface area contributed by atoms with E-state index in [2.05, 4.69) is 33.0 Å². The lowest BCUT2D eigenvalue weighted by Crippen LogP contribution is -2.37. The molecule has 2 nitrogen and oxygen atoms in total. The van der Waals surface area contributed by atoms with Gasteiger partial charge in [0.2, 0.25) is 5.91 Å². The maximum absolute atomic E-state index is 11.3. The monoisotopic (exact) mass is 185 g/mol. The van der Waals surface area contributed by atoms with Crippen LogP contribution in [0.4, 0.5) is 0 Å². The van der Waals surface area contributed by atoms with Gasteiger partial charge in [0.1, 0.15) is 0 Å². The zero-order valence-corrected chi connectivity index (χ0v) is 9.77. The van der Waals surface area contributed by atoms with Crippen LogP contribution < -0.4 is 5.32 Å². The van der Waals surface area contributed by atoms with Gasteiger partial charge in [-0.1, -0.05) is 34.6 Å². The van der Waals surface area contributed by atoms with Crippen molar-refractivity contribution in [3.05, 3.63) is 0 Å². The minimum Gasteiger partial charge on any atom is -0.353 e. The van der Waals surface area contributed by atoms with Gasteiger partial charge in [0.05, 0.1) is 0 Å². The predicted molar refractivity (Wildman–Crippen MR) is 56.5 cm³/mol. The topological polar surface area (TPSA) is 29.1 Å². The maximum Gasteiger partial charge on any atom is 0.222 e. The number of amides is 1. The number of carbonyl (C=O) groups excluding carboxylic acids is 1. The van der Waals surface area contributed by atoms with E-state index in [1.54, 1.807) is 0 Å². The van der Waals surface area contributed by atoms with Crippen LogP contribution in [0.2, 0.25) is 0 Å². The molecule has 0 spiro atoms. The summed E-state index contributed by atoms with van der Waals surface area (Å²) in [5, 5.41) is 3.00. The van der Waals surface area contributed by atoms with Crippen molar-refractivity contribution in [3.63, 3.8) is 0 Å². The third-order valence-corrected chi connectivity index (χ3v) is 1.83. The fourth-order valence-electron chi connectivity index (χ4n) is 1.38. The molecule has 0 radical (unpaired) electrons. The zero-order chi connectivity index (χ0) is 10.6. The minimum atomic E-state index is 0.0856. The molecule has 0 unspecified atom stereocenters. The van der Waals surface area contributed by atoms with Crippen LogP contribution in [0.25, 0.3) is 0 Å². The molecule has 0 rings (SSSR count). The Morgan fingerprint density at radius 2 is 1.69 bits per heavy atom. The van der Waals surface area contributed by atoms with Gasteiger partial charge < -0.3 is 5.32 Å². The molecule has 0 bridgehead atoms. The van der Waals surface area contributed by atoms with Crippen molar-refractivity contribution >= 4 is 5.91 Å². The summed E-state index contributed by atoms with van der Waals surface area (Å²) in [5.74, 6) is 0.235. The van der Waals surface area contributed by atoms with E-state index < -0.39 is 0 Å². The van der Waals surface area contributed by atoms with E-state index in [0.717, 1.165) is 6.42 Å². The van der Waals surface area contributed by atoms with E-state index in [1.165, 1.54) is 0 Å². The molecule has 0 aliphatic rings. The molecule has 0 saturated heterocycles. The summed E-state index contributed by atoms with van der Waals surface area (Å²) in [5.41, 5.74) is 0.281. The van der Waals surface area contributed by atoms with Crippen molar-refractivity contribution in [1.82, 2.24) is 5.32 Å². The summed E-state index contributed by atoms with van der Waals surface area (Å²) < 4.78 is 0. The van der Waals surface area contributed by atoms with Gasteiger partial charge in [-0.15, -0.1) is 0 Å². The van der Waals surface area contributed by atoms with Crippen LogP contribution in [0.3, 0.4) is 0 Å². The van der Waals surface area contributed by atoms with E-state index in [4.69, 9.17) is 0 Å². The molecule has 0 saturated carbocycles. The molecule has 0 aliphatic heterocycles. The van der Waals surface area contributed by atoms with E-state index in [0.29, 0.717) is 0 Å². The lowest BCUT2D eigenvalue weighted by Gasteiger charge is -2.24. The summed E-state index contributed by atoms with van der Waals surface area (Å²) in [7, 11) is 0. The first kappa shape index (κ1) is 12.5. The van der Waals surface area contributed by atoms with Crippen LogP contribution in [-0.4, -0.2) is 11.9 Å². The second-order valence-corrected chi connectivity index (χ2v) is 5.33. The van der Waals surface area contributed by atoms with Crippen molar-refractivity contribution in [2.24, 2.45) is 11.3 Å². The Bertz CT molecular complexity index is 167. The number of carbonyl (C=O) groups is 1. The highest BCUT2D eigenvalue weighted by Crippen LogP contribution is 2.20. The molecule has 0 aromatic rings. The van der Waals surface area contributed by atoms with Gasteiger partial charge in [-0.3, -0.25) is 4.79 Å². The van der Waals surface area contributed by atoms with E-state index in [9.17, 15) is 4.79 Å². The fourth-order valence-corrected chi connectivity index (χ4v) is 1.38. The number of nitrogens with one attached hydrogen (secondary N) is 1. The van der Waals surface area contributed by atoms with E-state index in [-0.39, 0.29) is 23.3 Å². The first-order chi connectivity index (χ1) is 5.72. The van der Waals surface area contributed by atoms with Gasteiger partial charge in [0.15, 0.2) is 0 Å². The average Bonchev–Trinajstić information content (AvgIpc) is 1.81. The van der Waals surface area contributed by atoms with Crippen molar-refractivity contribution in [2.75, 3.05) is 0 Å². The Hall–Kier alpha value is -0.530. The molecule has 0 aromatic carbocycles. The second-order valence-electron chi connectivity index (χ2n) is 5.33. The Morgan fingerprint density at radius 1 is 1.23 bits per heavy atom. The zero-order valence-electron chi connectivity index (χ0n) is 9.77. The van der Waals surface area contributed by atoms with E-state index >= 15 is 0 Å².